The van der Waals surface area contributed by atoms with Crippen LogP contribution in [0.5, 0.6) is 0 Å². The number of carboxylic acids is 1. The minimum Gasteiger partial charge on any atom is -0.481 e. The van der Waals surface area contributed by atoms with Gasteiger partial charge in [-0.05, 0) is 11.1 Å². The Morgan fingerprint density at radius 3 is 2.20 bits per heavy atom. The zero-order valence-electron chi connectivity index (χ0n) is 13.3. The van der Waals surface area contributed by atoms with Crippen molar-refractivity contribution in [2.45, 2.75) is 24.9 Å². The predicted molar refractivity (Wildman–Crippen MR) is 86.9 cm³/mol. The molecular formula is C19H17F2NO3. The summed E-state index contributed by atoms with van der Waals surface area (Å²) in [6.07, 6.45) is -0.994. The average molecular weight is 345 g/mol. The molecule has 0 bridgehead atoms. The van der Waals surface area contributed by atoms with Gasteiger partial charge in [0.1, 0.15) is 0 Å². The fraction of sp³-hybridized carbons (Fsp3) is 0.263. The zero-order chi connectivity index (χ0) is 18.0. The molecule has 0 radical (unpaired) electrons. The molecule has 4 nitrogen and oxygen atoms in total. The van der Waals surface area contributed by atoms with Crippen LogP contribution in [0.3, 0.4) is 0 Å². The lowest BCUT2D eigenvalue weighted by Gasteiger charge is -2.42. The Labute approximate surface area is 143 Å². The van der Waals surface area contributed by atoms with Gasteiger partial charge >= 0.3 is 11.9 Å². The van der Waals surface area contributed by atoms with Gasteiger partial charge in [0.25, 0.3) is 5.91 Å². The highest BCUT2D eigenvalue weighted by Crippen LogP contribution is 2.44. The molecule has 0 aromatic heterocycles. The maximum absolute atomic E-state index is 14.2. The number of likely N-dealkylation sites (tertiary alicyclic amines) is 1. The van der Waals surface area contributed by atoms with E-state index in [0.29, 0.717) is 11.1 Å². The molecule has 1 aliphatic rings. The number of aliphatic carboxylic acids is 1. The Hall–Kier alpha value is -2.76. The number of nitrogens with zero attached hydrogens (tertiary/aromatic N) is 1. The summed E-state index contributed by atoms with van der Waals surface area (Å²) >= 11 is 0. The summed E-state index contributed by atoms with van der Waals surface area (Å²) in [5.74, 6) is -7.73. The Kier molecular flexibility index (Phi) is 4.53. The number of carbonyl (C=O) groups excluding carboxylic acids is 1. The van der Waals surface area contributed by atoms with Crippen molar-refractivity contribution in [3.05, 3.63) is 71.8 Å². The van der Waals surface area contributed by atoms with Gasteiger partial charge in [-0.2, -0.15) is 8.78 Å². The molecule has 2 aromatic carbocycles. The number of benzene rings is 2. The van der Waals surface area contributed by atoms with Crippen molar-refractivity contribution in [3.8, 4) is 0 Å². The van der Waals surface area contributed by atoms with Crippen LogP contribution in [0.2, 0.25) is 0 Å². The largest absolute Gasteiger partial charge is 0.481 e. The Balaban J connectivity index is 2.06. The highest BCUT2D eigenvalue weighted by atomic mass is 19.3. The van der Waals surface area contributed by atoms with Crippen molar-refractivity contribution in [1.29, 1.82) is 0 Å². The first-order chi connectivity index (χ1) is 11.9. The normalized spacial score (nSPS) is 22.6. The van der Waals surface area contributed by atoms with E-state index in [1.165, 1.54) is 0 Å². The van der Waals surface area contributed by atoms with Crippen LogP contribution in [0.25, 0.3) is 0 Å². The SMILES string of the molecule is O=C(O)[C@H]1CC(F)(F)C(=O)N(Cc2ccccc2)[C@@H]1c1ccccc1. The molecule has 3 rings (SSSR count). The Bertz CT molecular complexity index is 765. The van der Waals surface area contributed by atoms with Crippen molar-refractivity contribution in [3.63, 3.8) is 0 Å². The molecule has 1 saturated heterocycles. The number of amides is 1. The van der Waals surface area contributed by atoms with Gasteiger partial charge in [0.15, 0.2) is 0 Å². The number of piperidine rings is 1. The molecule has 1 N–H and O–H groups in total. The molecule has 0 aliphatic carbocycles. The standard InChI is InChI=1S/C19H17F2NO3/c20-19(21)11-15(17(23)24)16(14-9-5-2-6-10-14)22(18(19)25)12-13-7-3-1-4-8-13/h1-10,15-16H,11-12H2,(H,23,24)/t15-,16+/m0/s1. The molecule has 6 heteroatoms. The quantitative estimate of drug-likeness (QED) is 0.923. The molecular weight excluding hydrogens is 328 g/mol. The topological polar surface area (TPSA) is 57.6 Å². The highest BCUT2D eigenvalue weighted by molar-refractivity contribution is 5.87. The molecule has 25 heavy (non-hydrogen) atoms. The molecule has 0 unspecified atom stereocenters. The molecule has 1 aliphatic heterocycles. The van der Waals surface area contributed by atoms with E-state index in [1.54, 1.807) is 60.7 Å². The van der Waals surface area contributed by atoms with E-state index < -0.39 is 36.2 Å². The number of rotatable bonds is 4. The van der Waals surface area contributed by atoms with Gasteiger partial charge in [-0.1, -0.05) is 60.7 Å². The van der Waals surface area contributed by atoms with Crippen LogP contribution in [0.15, 0.2) is 60.7 Å². The fourth-order valence-corrected chi connectivity index (χ4v) is 3.26. The molecule has 1 heterocycles. The third-order valence-corrected chi connectivity index (χ3v) is 4.42. The summed E-state index contributed by atoms with van der Waals surface area (Å²) < 4.78 is 28.4. The van der Waals surface area contributed by atoms with Gasteiger partial charge < -0.3 is 10.0 Å². The second kappa shape index (κ2) is 6.63. The van der Waals surface area contributed by atoms with Gasteiger partial charge in [0, 0.05) is 13.0 Å². The second-order valence-electron chi connectivity index (χ2n) is 6.13. The number of carboxylic acid groups (broad SMARTS) is 1. The summed E-state index contributed by atoms with van der Waals surface area (Å²) in [5.41, 5.74) is 1.20. The number of halogens is 2. The van der Waals surface area contributed by atoms with Crippen LogP contribution in [-0.4, -0.2) is 27.8 Å². The van der Waals surface area contributed by atoms with Crippen LogP contribution in [-0.2, 0) is 16.1 Å². The first-order valence-electron chi connectivity index (χ1n) is 7.91. The molecule has 1 fully saturated rings. The van der Waals surface area contributed by atoms with Crippen molar-refractivity contribution in [2.75, 3.05) is 0 Å². The first-order valence-corrected chi connectivity index (χ1v) is 7.91. The number of carbonyl (C=O) groups is 2. The maximum atomic E-state index is 14.2. The number of hydrogen-bond donors (Lipinski definition) is 1. The number of alkyl halides is 2. The van der Waals surface area contributed by atoms with E-state index in [9.17, 15) is 23.5 Å². The molecule has 0 saturated carbocycles. The van der Waals surface area contributed by atoms with Crippen LogP contribution >= 0.6 is 0 Å². The lowest BCUT2D eigenvalue weighted by molar-refractivity contribution is -0.181. The lowest BCUT2D eigenvalue weighted by Crippen LogP contribution is -2.54. The Morgan fingerprint density at radius 1 is 1.08 bits per heavy atom. The molecule has 1 amide bonds. The summed E-state index contributed by atoms with van der Waals surface area (Å²) in [7, 11) is 0. The summed E-state index contributed by atoms with van der Waals surface area (Å²) in [6.45, 7) is -0.0708. The van der Waals surface area contributed by atoms with Crippen molar-refractivity contribution < 1.29 is 23.5 Å². The summed E-state index contributed by atoms with van der Waals surface area (Å²) in [6, 6.07) is 16.2. The highest BCUT2D eigenvalue weighted by Gasteiger charge is 2.55. The van der Waals surface area contributed by atoms with Gasteiger partial charge in [0.2, 0.25) is 0 Å². The van der Waals surface area contributed by atoms with Crippen molar-refractivity contribution >= 4 is 11.9 Å². The summed E-state index contributed by atoms with van der Waals surface area (Å²) in [5, 5.41) is 9.50. The van der Waals surface area contributed by atoms with Crippen LogP contribution in [0, 0.1) is 5.92 Å². The smallest absolute Gasteiger partial charge is 0.325 e. The van der Waals surface area contributed by atoms with Gasteiger partial charge in [-0.25, -0.2) is 0 Å². The van der Waals surface area contributed by atoms with Gasteiger partial charge in [-0.3, -0.25) is 9.59 Å². The minimum absolute atomic E-state index is 0.0708. The van der Waals surface area contributed by atoms with Crippen LogP contribution < -0.4 is 0 Å². The summed E-state index contributed by atoms with van der Waals surface area (Å²) in [4.78, 5) is 25.0. The second-order valence-corrected chi connectivity index (χ2v) is 6.13. The number of hydrogen-bond acceptors (Lipinski definition) is 2. The average Bonchev–Trinajstić information content (AvgIpc) is 2.60. The third kappa shape index (κ3) is 3.38. The van der Waals surface area contributed by atoms with E-state index in [4.69, 9.17) is 0 Å². The fourth-order valence-electron chi connectivity index (χ4n) is 3.26. The maximum Gasteiger partial charge on any atom is 0.325 e. The minimum atomic E-state index is -3.69. The van der Waals surface area contributed by atoms with E-state index in [0.717, 1.165) is 4.90 Å². The predicted octanol–water partition coefficient (Wildman–Crippen LogP) is 3.50. The molecule has 2 aromatic rings. The lowest BCUT2D eigenvalue weighted by atomic mass is 9.82. The molecule has 0 spiro atoms. The first kappa shape index (κ1) is 17.1. The van der Waals surface area contributed by atoms with Crippen LogP contribution in [0.1, 0.15) is 23.6 Å². The van der Waals surface area contributed by atoms with Crippen molar-refractivity contribution in [2.24, 2.45) is 5.92 Å². The van der Waals surface area contributed by atoms with E-state index in [2.05, 4.69) is 0 Å². The van der Waals surface area contributed by atoms with E-state index >= 15 is 0 Å². The van der Waals surface area contributed by atoms with Crippen molar-refractivity contribution in [1.82, 2.24) is 4.90 Å². The third-order valence-electron chi connectivity index (χ3n) is 4.42. The monoisotopic (exact) mass is 345 g/mol. The Morgan fingerprint density at radius 2 is 1.64 bits per heavy atom. The zero-order valence-corrected chi connectivity index (χ0v) is 13.3. The van der Waals surface area contributed by atoms with Gasteiger partial charge in [0.05, 0.1) is 12.0 Å². The molecule has 130 valence electrons. The van der Waals surface area contributed by atoms with Gasteiger partial charge in [-0.15, -0.1) is 0 Å². The van der Waals surface area contributed by atoms with E-state index in [1.807, 2.05) is 0 Å². The molecule has 2 atom stereocenters. The van der Waals surface area contributed by atoms with Crippen LogP contribution in [0.4, 0.5) is 8.78 Å². The van der Waals surface area contributed by atoms with E-state index in [-0.39, 0.29) is 6.54 Å².